The maximum Gasteiger partial charge on any atom is 0.0418 e. The fraction of sp³-hybridized carbons (Fsp3) is 0.111. The Labute approximate surface area is 66.5 Å². The highest BCUT2D eigenvalue weighted by atomic mass is 14.9. The molecule has 0 aromatic heterocycles. The zero-order valence-electron chi connectivity index (χ0n) is 6.43. The van der Waals surface area contributed by atoms with Crippen molar-refractivity contribution in [3.8, 4) is 0 Å². The summed E-state index contributed by atoms with van der Waals surface area (Å²) in [4.78, 5) is 0. The minimum absolute atomic E-state index is 0. The molecule has 2 rings (SSSR count). The number of fused-ring (bicyclic) bond motifs is 1. The van der Waals surface area contributed by atoms with Crippen molar-refractivity contribution >= 4 is 5.69 Å². The van der Waals surface area contributed by atoms with Crippen LogP contribution in [-0.4, -0.2) is 0 Å². The Balaban J connectivity index is 0.000000605. The van der Waals surface area contributed by atoms with Gasteiger partial charge in [-0.1, -0.05) is 24.8 Å². The Kier molecular flexibility index (Phi) is 1.96. The summed E-state index contributed by atoms with van der Waals surface area (Å²) in [6.45, 7) is 3.86. The van der Waals surface area contributed by atoms with E-state index >= 15 is 0 Å². The van der Waals surface area contributed by atoms with Gasteiger partial charge in [0, 0.05) is 17.8 Å². The van der Waals surface area contributed by atoms with Gasteiger partial charge >= 0.3 is 0 Å². The first kappa shape index (κ1) is 7.82. The summed E-state index contributed by atoms with van der Waals surface area (Å²) >= 11 is 0. The predicted molar refractivity (Wildman–Crippen MR) is 47.9 cm³/mol. The van der Waals surface area contributed by atoms with Crippen molar-refractivity contribution < 1.29 is 0 Å². The molecule has 1 aliphatic heterocycles. The fourth-order valence-corrected chi connectivity index (χ4v) is 1.26. The number of benzene rings is 1. The van der Waals surface area contributed by atoms with Crippen molar-refractivity contribution in [2.24, 2.45) is 0 Å². The first-order valence-electron chi connectivity index (χ1n) is 3.39. The molecule has 2 heteroatoms. The molecular weight excluding hydrogens is 136 g/mol. The van der Waals surface area contributed by atoms with E-state index in [0.29, 0.717) is 0 Å². The first-order chi connectivity index (χ1) is 4.86. The van der Waals surface area contributed by atoms with E-state index < -0.39 is 0 Å². The van der Waals surface area contributed by atoms with Crippen molar-refractivity contribution in [3.05, 3.63) is 42.1 Å². The second-order valence-electron chi connectivity index (χ2n) is 2.56. The van der Waals surface area contributed by atoms with E-state index in [0.717, 1.165) is 12.1 Å². The monoisotopic (exact) mass is 148 g/mol. The van der Waals surface area contributed by atoms with Crippen LogP contribution in [0.1, 0.15) is 5.56 Å². The van der Waals surface area contributed by atoms with Gasteiger partial charge < -0.3 is 11.5 Å². The summed E-state index contributed by atoms with van der Waals surface area (Å²) in [6.07, 6.45) is 0.982. The van der Waals surface area contributed by atoms with Crippen LogP contribution in [-0.2, 0) is 6.42 Å². The fourth-order valence-electron chi connectivity index (χ4n) is 1.26. The Morgan fingerprint density at radius 3 is 2.73 bits per heavy atom. The molecule has 58 valence electrons. The highest BCUT2D eigenvalue weighted by Gasteiger charge is 2.10. The number of para-hydroxylation sites is 1. The Bertz CT molecular complexity index is 252. The molecule has 0 fully saturated rings. The molecule has 0 amide bonds. The second kappa shape index (κ2) is 2.76. The summed E-state index contributed by atoms with van der Waals surface area (Å²) in [7, 11) is 0. The van der Waals surface area contributed by atoms with Crippen molar-refractivity contribution in [3.63, 3.8) is 0 Å². The van der Waals surface area contributed by atoms with Crippen LogP contribution in [0.25, 0.3) is 0 Å². The summed E-state index contributed by atoms with van der Waals surface area (Å²) in [6, 6.07) is 8.29. The minimum Gasteiger partial charge on any atom is -0.359 e. The van der Waals surface area contributed by atoms with Crippen LogP contribution < -0.4 is 11.5 Å². The summed E-state index contributed by atoms with van der Waals surface area (Å²) in [5.41, 5.74) is 3.67. The molecule has 0 saturated heterocycles. The van der Waals surface area contributed by atoms with E-state index in [-0.39, 0.29) is 6.15 Å². The van der Waals surface area contributed by atoms with Crippen LogP contribution in [0.15, 0.2) is 36.5 Å². The van der Waals surface area contributed by atoms with Gasteiger partial charge in [0.25, 0.3) is 0 Å². The summed E-state index contributed by atoms with van der Waals surface area (Å²) in [5, 5.41) is 3.20. The molecule has 1 aliphatic rings. The van der Waals surface area contributed by atoms with E-state index in [1.165, 1.54) is 11.3 Å². The average Bonchev–Trinajstić information content (AvgIpc) is 2.27. The molecular formula is C9H12N2. The van der Waals surface area contributed by atoms with Gasteiger partial charge in [0.15, 0.2) is 0 Å². The molecule has 0 aliphatic carbocycles. The third-order valence-electron chi connectivity index (χ3n) is 1.73. The number of rotatable bonds is 0. The van der Waals surface area contributed by atoms with Gasteiger partial charge in [0.2, 0.25) is 0 Å². The van der Waals surface area contributed by atoms with Crippen molar-refractivity contribution in [2.45, 2.75) is 6.42 Å². The van der Waals surface area contributed by atoms with Crippen LogP contribution in [0.2, 0.25) is 0 Å². The lowest BCUT2D eigenvalue weighted by atomic mass is 10.2. The van der Waals surface area contributed by atoms with E-state index in [1.807, 2.05) is 6.07 Å². The lowest BCUT2D eigenvalue weighted by Gasteiger charge is -1.95. The van der Waals surface area contributed by atoms with Crippen molar-refractivity contribution in [2.75, 3.05) is 5.32 Å². The maximum absolute atomic E-state index is 3.86. The average molecular weight is 148 g/mol. The second-order valence-corrected chi connectivity index (χ2v) is 2.56. The third-order valence-corrected chi connectivity index (χ3v) is 1.73. The van der Waals surface area contributed by atoms with Gasteiger partial charge in [0.1, 0.15) is 0 Å². The Morgan fingerprint density at radius 2 is 2.00 bits per heavy atom. The predicted octanol–water partition coefficient (Wildman–Crippen LogP) is 2.33. The number of allylic oxidation sites excluding steroid dienone is 1. The molecule has 0 atom stereocenters. The molecule has 0 bridgehead atoms. The lowest BCUT2D eigenvalue weighted by molar-refractivity contribution is 1.26. The molecule has 0 radical (unpaired) electrons. The van der Waals surface area contributed by atoms with Crippen LogP contribution in [0.4, 0.5) is 5.69 Å². The minimum atomic E-state index is 0. The maximum atomic E-state index is 3.86. The quantitative estimate of drug-likeness (QED) is 0.593. The number of nitrogens with one attached hydrogen (secondary N) is 1. The van der Waals surface area contributed by atoms with Gasteiger partial charge in [0.05, 0.1) is 0 Å². The van der Waals surface area contributed by atoms with Gasteiger partial charge in [-0.3, -0.25) is 0 Å². The molecule has 1 aromatic rings. The molecule has 4 N–H and O–H groups in total. The highest BCUT2D eigenvalue weighted by molar-refractivity contribution is 5.61. The number of anilines is 1. The normalized spacial score (nSPS) is 13.3. The highest BCUT2D eigenvalue weighted by Crippen LogP contribution is 2.25. The molecule has 1 heterocycles. The van der Waals surface area contributed by atoms with Crippen LogP contribution in [0.3, 0.4) is 0 Å². The van der Waals surface area contributed by atoms with Crippen LogP contribution in [0, 0.1) is 0 Å². The van der Waals surface area contributed by atoms with E-state index in [4.69, 9.17) is 0 Å². The SMILES string of the molecule is C=C1Cc2ccccc2N1.N. The lowest BCUT2D eigenvalue weighted by Crippen LogP contribution is -1.86. The van der Waals surface area contributed by atoms with E-state index in [9.17, 15) is 0 Å². The van der Waals surface area contributed by atoms with Gasteiger partial charge in [-0.25, -0.2) is 0 Å². The smallest absolute Gasteiger partial charge is 0.0418 e. The third kappa shape index (κ3) is 1.25. The zero-order chi connectivity index (χ0) is 6.97. The van der Waals surface area contributed by atoms with Crippen molar-refractivity contribution in [1.29, 1.82) is 0 Å². The largest absolute Gasteiger partial charge is 0.359 e. The molecule has 0 spiro atoms. The Morgan fingerprint density at radius 1 is 1.27 bits per heavy atom. The zero-order valence-corrected chi connectivity index (χ0v) is 6.43. The summed E-state index contributed by atoms with van der Waals surface area (Å²) < 4.78 is 0. The van der Waals surface area contributed by atoms with Crippen molar-refractivity contribution in [1.82, 2.24) is 6.15 Å². The van der Waals surface area contributed by atoms with Gasteiger partial charge in [-0.05, 0) is 11.6 Å². The van der Waals surface area contributed by atoms with Crippen LogP contribution in [0.5, 0.6) is 0 Å². The molecule has 11 heavy (non-hydrogen) atoms. The summed E-state index contributed by atoms with van der Waals surface area (Å²) in [5.74, 6) is 0. The van der Waals surface area contributed by atoms with E-state index in [2.05, 4.69) is 30.1 Å². The molecule has 0 saturated carbocycles. The van der Waals surface area contributed by atoms with Crippen LogP contribution >= 0.6 is 0 Å². The molecule has 0 unspecified atom stereocenters. The van der Waals surface area contributed by atoms with E-state index in [1.54, 1.807) is 0 Å². The molecule has 2 nitrogen and oxygen atoms in total. The topological polar surface area (TPSA) is 47.0 Å². The number of hydrogen-bond donors (Lipinski definition) is 2. The standard InChI is InChI=1S/C9H9N.H3N/c1-7-6-8-4-2-3-5-9(8)10-7;/h2-5,10H,1,6H2;1H3. The molecule has 1 aromatic carbocycles. The first-order valence-corrected chi connectivity index (χ1v) is 3.39. The Hall–Kier alpha value is -1.28. The number of hydrogen-bond acceptors (Lipinski definition) is 2. The van der Waals surface area contributed by atoms with Gasteiger partial charge in [-0.15, -0.1) is 0 Å². The van der Waals surface area contributed by atoms with Gasteiger partial charge in [-0.2, -0.15) is 0 Å².